The summed E-state index contributed by atoms with van der Waals surface area (Å²) in [6.07, 6.45) is 1.93. The van der Waals surface area contributed by atoms with Crippen LogP contribution in [0.5, 0.6) is 0 Å². The lowest BCUT2D eigenvalue weighted by atomic mass is 10.1. The van der Waals surface area contributed by atoms with Gasteiger partial charge in [0.25, 0.3) is 5.91 Å². The van der Waals surface area contributed by atoms with Crippen molar-refractivity contribution in [1.29, 1.82) is 0 Å². The van der Waals surface area contributed by atoms with E-state index in [1.54, 1.807) is 38.4 Å². The van der Waals surface area contributed by atoms with Gasteiger partial charge in [0, 0.05) is 30.5 Å². The molecule has 0 aliphatic heterocycles. The Morgan fingerprint density at radius 1 is 1.42 bits per heavy atom. The van der Waals surface area contributed by atoms with Gasteiger partial charge in [-0.15, -0.1) is 0 Å². The van der Waals surface area contributed by atoms with Crippen molar-refractivity contribution in [3.63, 3.8) is 0 Å². The summed E-state index contributed by atoms with van der Waals surface area (Å²) >= 11 is 0. The Labute approximate surface area is 110 Å². The molecule has 0 saturated heterocycles. The van der Waals surface area contributed by atoms with Gasteiger partial charge in [0.1, 0.15) is 0 Å². The van der Waals surface area contributed by atoms with E-state index in [4.69, 9.17) is 0 Å². The zero-order valence-electron chi connectivity index (χ0n) is 10.9. The first kappa shape index (κ1) is 13.1. The molecule has 6 nitrogen and oxygen atoms in total. The standard InChI is InChI=1S/C13H16N4O2/c1-8(5-12(18)14-2)16-13(19)9-3-4-11-10(6-9)7-15-17-11/h3-4,6-8H,5H2,1-2H3,(H,14,18)(H,15,17)(H,16,19). The average Bonchev–Trinajstić information content (AvgIpc) is 2.85. The van der Waals surface area contributed by atoms with Crippen molar-refractivity contribution in [2.75, 3.05) is 7.05 Å². The number of aromatic amines is 1. The van der Waals surface area contributed by atoms with Gasteiger partial charge in [0.2, 0.25) is 5.91 Å². The van der Waals surface area contributed by atoms with Crippen LogP contribution in [0.3, 0.4) is 0 Å². The zero-order valence-corrected chi connectivity index (χ0v) is 10.9. The summed E-state index contributed by atoms with van der Waals surface area (Å²) in [6, 6.07) is 5.08. The Kier molecular flexibility index (Phi) is 3.79. The van der Waals surface area contributed by atoms with Crippen molar-refractivity contribution >= 4 is 22.7 Å². The molecule has 0 fully saturated rings. The molecule has 0 bridgehead atoms. The number of nitrogens with one attached hydrogen (secondary N) is 3. The summed E-state index contributed by atoms with van der Waals surface area (Å²) in [4.78, 5) is 23.2. The fourth-order valence-electron chi connectivity index (χ4n) is 1.82. The summed E-state index contributed by atoms with van der Waals surface area (Å²) < 4.78 is 0. The lowest BCUT2D eigenvalue weighted by Crippen LogP contribution is -2.36. The highest BCUT2D eigenvalue weighted by molar-refractivity contribution is 5.98. The molecule has 2 aromatic rings. The molecule has 0 spiro atoms. The topological polar surface area (TPSA) is 86.9 Å². The van der Waals surface area contributed by atoms with E-state index in [2.05, 4.69) is 20.8 Å². The van der Waals surface area contributed by atoms with E-state index in [0.29, 0.717) is 5.56 Å². The SMILES string of the molecule is CNC(=O)CC(C)NC(=O)c1ccc2[nH]ncc2c1. The zero-order chi connectivity index (χ0) is 13.8. The van der Waals surface area contributed by atoms with E-state index in [-0.39, 0.29) is 24.3 Å². The Morgan fingerprint density at radius 3 is 2.95 bits per heavy atom. The van der Waals surface area contributed by atoms with Crippen molar-refractivity contribution in [3.8, 4) is 0 Å². The van der Waals surface area contributed by atoms with Crippen LogP contribution >= 0.6 is 0 Å². The first-order chi connectivity index (χ1) is 9.10. The van der Waals surface area contributed by atoms with Gasteiger partial charge in [-0.05, 0) is 25.1 Å². The number of fused-ring (bicyclic) bond motifs is 1. The lowest BCUT2D eigenvalue weighted by molar-refractivity contribution is -0.120. The first-order valence-corrected chi connectivity index (χ1v) is 6.04. The number of hydrogen-bond donors (Lipinski definition) is 3. The predicted molar refractivity (Wildman–Crippen MR) is 71.7 cm³/mol. The van der Waals surface area contributed by atoms with Crippen LogP contribution in [0.2, 0.25) is 0 Å². The normalized spacial score (nSPS) is 12.1. The number of nitrogens with zero attached hydrogens (tertiary/aromatic N) is 1. The van der Waals surface area contributed by atoms with Crippen LogP contribution in [-0.2, 0) is 4.79 Å². The Bertz CT molecular complexity index is 605. The van der Waals surface area contributed by atoms with Gasteiger partial charge < -0.3 is 10.6 Å². The molecule has 2 amide bonds. The number of benzene rings is 1. The first-order valence-electron chi connectivity index (χ1n) is 6.04. The maximum absolute atomic E-state index is 12.0. The summed E-state index contributed by atoms with van der Waals surface area (Å²) in [5, 5.41) is 12.9. The van der Waals surface area contributed by atoms with Gasteiger partial charge in [0.15, 0.2) is 0 Å². The fraction of sp³-hybridized carbons (Fsp3) is 0.308. The molecule has 100 valence electrons. The van der Waals surface area contributed by atoms with Crippen LogP contribution in [0.25, 0.3) is 10.9 Å². The molecule has 3 N–H and O–H groups in total. The number of amides is 2. The van der Waals surface area contributed by atoms with Crippen molar-refractivity contribution in [2.24, 2.45) is 0 Å². The van der Waals surface area contributed by atoms with Crippen molar-refractivity contribution < 1.29 is 9.59 Å². The fourth-order valence-corrected chi connectivity index (χ4v) is 1.82. The molecular formula is C13H16N4O2. The second-order valence-corrected chi connectivity index (χ2v) is 4.42. The summed E-state index contributed by atoms with van der Waals surface area (Å²) in [5.74, 6) is -0.294. The molecule has 0 aliphatic carbocycles. The highest BCUT2D eigenvalue weighted by Crippen LogP contribution is 2.13. The van der Waals surface area contributed by atoms with E-state index >= 15 is 0 Å². The predicted octanol–water partition coefficient (Wildman–Crippen LogP) is 0.817. The monoisotopic (exact) mass is 260 g/mol. The van der Waals surface area contributed by atoms with Crippen molar-refractivity contribution in [2.45, 2.75) is 19.4 Å². The third-order valence-electron chi connectivity index (χ3n) is 2.85. The second-order valence-electron chi connectivity index (χ2n) is 4.42. The largest absolute Gasteiger partial charge is 0.359 e. The molecule has 1 unspecified atom stereocenters. The van der Waals surface area contributed by atoms with Gasteiger partial charge in [0.05, 0.1) is 11.7 Å². The third kappa shape index (κ3) is 3.09. The van der Waals surface area contributed by atoms with E-state index in [1.165, 1.54) is 0 Å². The quantitative estimate of drug-likeness (QED) is 0.760. The maximum Gasteiger partial charge on any atom is 0.251 e. The number of hydrogen-bond acceptors (Lipinski definition) is 3. The molecular weight excluding hydrogens is 244 g/mol. The summed E-state index contributed by atoms with van der Waals surface area (Å²) in [5.41, 5.74) is 1.44. The maximum atomic E-state index is 12.0. The van der Waals surface area contributed by atoms with Crippen LogP contribution in [-0.4, -0.2) is 35.1 Å². The van der Waals surface area contributed by atoms with Crippen LogP contribution in [0, 0.1) is 0 Å². The van der Waals surface area contributed by atoms with Crippen LogP contribution in [0.15, 0.2) is 24.4 Å². The molecule has 6 heteroatoms. The molecule has 1 aromatic heterocycles. The average molecular weight is 260 g/mol. The van der Waals surface area contributed by atoms with Crippen molar-refractivity contribution in [1.82, 2.24) is 20.8 Å². The van der Waals surface area contributed by atoms with Crippen LogP contribution in [0.1, 0.15) is 23.7 Å². The number of H-pyrrole nitrogens is 1. The number of carbonyl (C=O) groups is 2. The van der Waals surface area contributed by atoms with Gasteiger partial charge in [-0.3, -0.25) is 14.7 Å². The van der Waals surface area contributed by atoms with Gasteiger partial charge in [-0.25, -0.2) is 0 Å². The summed E-state index contributed by atoms with van der Waals surface area (Å²) in [7, 11) is 1.57. The minimum Gasteiger partial charge on any atom is -0.359 e. The Hall–Kier alpha value is -2.37. The van der Waals surface area contributed by atoms with E-state index in [0.717, 1.165) is 10.9 Å². The molecule has 2 rings (SSSR count). The third-order valence-corrected chi connectivity index (χ3v) is 2.85. The smallest absolute Gasteiger partial charge is 0.251 e. The highest BCUT2D eigenvalue weighted by atomic mass is 16.2. The second kappa shape index (κ2) is 5.51. The van der Waals surface area contributed by atoms with Crippen LogP contribution < -0.4 is 10.6 Å². The summed E-state index contributed by atoms with van der Waals surface area (Å²) in [6.45, 7) is 1.80. The Balaban J connectivity index is 2.04. The minimum absolute atomic E-state index is 0.0990. The van der Waals surface area contributed by atoms with Crippen LogP contribution in [0.4, 0.5) is 0 Å². The highest BCUT2D eigenvalue weighted by Gasteiger charge is 2.13. The molecule has 1 heterocycles. The number of rotatable bonds is 4. The lowest BCUT2D eigenvalue weighted by Gasteiger charge is -2.12. The van der Waals surface area contributed by atoms with Gasteiger partial charge in [-0.1, -0.05) is 0 Å². The molecule has 0 radical (unpaired) electrons. The number of carbonyl (C=O) groups excluding carboxylic acids is 2. The Morgan fingerprint density at radius 2 is 2.21 bits per heavy atom. The van der Waals surface area contributed by atoms with E-state index < -0.39 is 0 Å². The van der Waals surface area contributed by atoms with Gasteiger partial charge >= 0.3 is 0 Å². The van der Waals surface area contributed by atoms with Gasteiger partial charge in [-0.2, -0.15) is 5.10 Å². The molecule has 1 aromatic carbocycles. The van der Waals surface area contributed by atoms with E-state index in [1.807, 2.05) is 0 Å². The minimum atomic E-state index is -0.215. The molecule has 0 saturated carbocycles. The number of aromatic nitrogens is 2. The molecule has 19 heavy (non-hydrogen) atoms. The molecule has 0 aliphatic rings. The van der Waals surface area contributed by atoms with E-state index in [9.17, 15) is 9.59 Å². The van der Waals surface area contributed by atoms with Crippen molar-refractivity contribution in [3.05, 3.63) is 30.0 Å². The molecule has 1 atom stereocenters.